The zero-order valence-electron chi connectivity index (χ0n) is 14.5. The van der Waals surface area contributed by atoms with Crippen LogP contribution in [0.5, 0.6) is 0 Å². The summed E-state index contributed by atoms with van der Waals surface area (Å²) in [6.07, 6.45) is 11.0. The Morgan fingerprint density at radius 1 is 1.10 bits per heavy atom. The SMILES string of the molecule is CCCCCCC(C)NC(C)C1CCCN(CCC)C1. The maximum atomic E-state index is 3.86. The molecule has 0 spiro atoms. The lowest BCUT2D eigenvalue weighted by Crippen LogP contribution is -2.47. The van der Waals surface area contributed by atoms with E-state index in [4.69, 9.17) is 0 Å². The number of piperidine rings is 1. The van der Waals surface area contributed by atoms with Gasteiger partial charge in [-0.3, -0.25) is 0 Å². The molecule has 1 rings (SSSR count). The van der Waals surface area contributed by atoms with E-state index in [1.54, 1.807) is 0 Å². The molecule has 20 heavy (non-hydrogen) atoms. The highest BCUT2D eigenvalue weighted by Crippen LogP contribution is 2.20. The van der Waals surface area contributed by atoms with Gasteiger partial charge in [0.25, 0.3) is 0 Å². The average molecular weight is 283 g/mol. The Hall–Kier alpha value is -0.0800. The largest absolute Gasteiger partial charge is 0.311 e. The van der Waals surface area contributed by atoms with Crippen molar-refractivity contribution in [3.8, 4) is 0 Å². The van der Waals surface area contributed by atoms with Crippen LogP contribution in [0.4, 0.5) is 0 Å². The third kappa shape index (κ3) is 7.08. The second-order valence-corrected chi connectivity index (χ2v) is 6.91. The molecular weight excluding hydrogens is 244 g/mol. The van der Waals surface area contributed by atoms with Crippen molar-refractivity contribution >= 4 is 0 Å². The van der Waals surface area contributed by atoms with Gasteiger partial charge in [-0.1, -0.05) is 39.5 Å². The van der Waals surface area contributed by atoms with Gasteiger partial charge in [-0.05, 0) is 58.5 Å². The third-order valence-electron chi connectivity index (χ3n) is 4.83. The molecule has 3 atom stereocenters. The van der Waals surface area contributed by atoms with Crippen molar-refractivity contribution in [1.82, 2.24) is 10.2 Å². The molecule has 1 fully saturated rings. The van der Waals surface area contributed by atoms with E-state index in [1.807, 2.05) is 0 Å². The molecule has 1 N–H and O–H groups in total. The summed E-state index contributed by atoms with van der Waals surface area (Å²) in [5.41, 5.74) is 0. The zero-order chi connectivity index (χ0) is 14.8. The molecule has 0 amide bonds. The van der Waals surface area contributed by atoms with E-state index in [9.17, 15) is 0 Å². The standard InChI is InChI=1S/C18H38N2/c1-5-7-8-9-11-16(3)19-17(4)18-12-10-14-20(15-18)13-6-2/h16-19H,5-15H2,1-4H3. The normalized spacial score (nSPS) is 23.7. The Labute approximate surface area is 127 Å². The van der Waals surface area contributed by atoms with Crippen molar-refractivity contribution < 1.29 is 0 Å². The minimum Gasteiger partial charge on any atom is -0.311 e. The van der Waals surface area contributed by atoms with Crippen LogP contribution in [0.15, 0.2) is 0 Å². The van der Waals surface area contributed by atoms with Gasteiger partial charge in [0.05, 0.1) is 0 Å². The highest BCUT2D eigenvalue weighted by molar-refractivity contribution is 4.81. The van der Waals surface area contributed by atoms with Gasteiger partial charge in [0.2, 0.25) is 0 Å². The van der Waals surface area contributed by atoms with Crippen LogP contribution in [0.25, 0.3) is 0 Å². The summed E-state index contributed by atoms with van der Waals surface area (Å²) in [6, 6.07) is 1.36. The first-order chi connectivity index (χ1) is 9.67. The molecule has 0 radical (unpaired) electrons. The van der Waals surface area contributed by atoms with Gasteiger partial charge in [0.1, 0.15) is 0 Å². The third-order valence-corrected chi connectivity index (χ3v) is 4.83. The van der Waals surface area contributed by atoms with Crippen molar-refractivity contribution in [1.29, 1.82) is 0 Å². The van der Waals surface area contributed by atoms with Crippen LogP contribution in [0.3, 0.4) is 0 Å². The summed E-state index contributed by atoms with van der Waals surface area (Å²) in [5, 5.41) is 3.86. The number of hydrogen-bond donors (Lipinski definition) is 1. The molecule has 0 aromatic carbocycles. The van der Waals surface area contributed by atoms with E-state index >= 15 is 0 Å². The molecule has 0 bridgehead atoms. The average Bonchev–Trinajstić information content (AvgIpc) is 2.44. The lowest BCUT2D eigenvalue weighted by Gasteiger charge is -2.37. The fourth-order valence-electron chi connectivity index (χ4n) is 3.56. The van der Waals surface area contributed by atoms with E-state index in [2.05, 4.69) is 37.9 Å². The number of unbranched alkanes of at least 4 members (excludes halogenated alkanes) is 3. The fourth-order valence-corrected chi connectivity index (χ4v) is 3.56. The van der Waals surface area contributed by atoms with Crippen molar-refractivity contribution in [3.05, 3.63) is 0 Å². The molecule has 0 saturated carbocycles. The van der Waals surface area contributed by atoms with Crippen LogP contribution < -0.4 is 5.32 Å². The van der Waals surface area contributed by atoms with Crippen molar-refractivity contribution in [2.24, 2.45) is 5.92 Å². The Kier molecular flexibility index (Phi) is 9.54. The molecule has 3 unspecified atom stereocenters. The number of likely N-dealkylation sites (tertiary alicyclic amines) is 1. The molecule has 120 valence electrons. The highest BCUT2D eigenvalue weighted by Gasteiger charge is 2.24. The first-order valence-corrected chi connectivity index (χ1v) is 9.15. The van der Waals surface area contributed by atoms with Gasteiger partial charge >= 0.3 is 0 Å². The smallest absolute Gasteiger partial charge is 0.00816 e. The van der Waals surface area contributed by atoms with E-state index in [0.717, 1.165) is 5.92 Å². The first kappa shape index (κ1) is 18.0. The van der Waals surface area contributed by atoms with Gasteiger partial charge in [0, 0.05) is 18.6 Å². The monoisotopic (exact) mass is 282 g/mol. The maximum Gasteiger partial charge on any atom is 0.00816 e. The Morgan fingerprint density at radius 2 is 1.90 bits per heavy atom. The molecule has 2 heteroatoms. The van der Waals surface area contributed by atoms with Crippen LogP contribution in [-0.4, -0.2) is 36.6 Å². The lowest BCUT2D eigenvalue weighted by atomic mass is 9.90. The van der Waals surface area contributed by atoms with Crippen molar-refractivity contribution in [3.63, 3.8) is 0 Å². The van der Waals surface area contributed by atoms with E-state index in [1.165, 1.54) is 71.0 Å². The second-order valence-electron chi connectivity index (χ2n) is 6.91. The topological polar surface area (TPSA) is 15.3 Å². The minimum absolute atomic E-state index is 0.677. The Morgan fingerprint density at radius 3 is 2.60 bits per heavy atom. The van der Waals surface area contributed by atoms with Crippen LogP contribution >= 0.6 is 0 Å². The predicted octanol–water partition coefficient (Wildman–Crippen LogP) is 4.45. The van der Waals surface area contributed by atoms with E-state index in [0.29, 0.717) is 12.1 Å². The van der Waals surface area contributed by atoms with Crippen molar-refractivity contribution in [2.75, 3.05) is 19.6 Å². The van der Waals surface area contributed by atoms with Crippen molar-refractivity contribution in [2.45, 2.75) is 91.1 Å². The van der Waals surface area contributed by atoms with Gasteiger partial charge < -0.3 is 10.2 Å². The summed E-state index contributed by atoms with van der Waals surface area (Å²) in [5.74, 6) is 0.855. The van der Waals surface area contributed by atoms with Crippen LogP contribution in [-0.2, 0) is 0 Å². The maximum absolute atomic E-state index is 3.86. The molecule has 1 heterocycles. The molecule has 0 aromatic rings. The highest BCUT2D eigenvalue weighted by atomic mass is 15.1. The number of hydrogen-bond acceptors (Lipinski definition) is 2. The van der Waals surface area contributed by atoms with Gasteiger partial charge in [-0.15, -0.1) is 0 Å². The van der Waals surface area contributed by atoms with Crippen LogP contribution in [0, 0.1) is 5.92 Å². The van der Waals surface area contributed by atoms with E-state index < -0.39 is 0 Å². The fraction of sp³-hybridized carbons (Fsp3) is 1.00. The summed E-state index contributed by atoms with van der Waals surface area (Å²) in [6.45, 7) is 13.3. The summed E-state index contributed by atoms with van der Waals surface area (Å²) >= 11 is 0. The summed E-state index contributed by atoms with van der Waals surface area (Å²) in [4.78, 5) is 2.66. The van der Waals surface area contributed by atoms with Gasteiger partial charge in [0.15, 0.2) is 0 Å². The molecule has 0 aliphatic carbocycles. The van der Waals surface area contributed by atoms with Gasteiger partial charge in [-0.2, -0.15) is 0 Å². The van der Waals surface area contributed by atoms with Gasteiger partial charge in [-0.25, -0.2) is 0 Å². The Balaban J connectivity index is 2.21. The molecular formula is C18H38N2. The van der Waals surface area contributed by atoms with Crippen LogP contribution in [0.1, 0.15) is 79.1 Å². The summed E-state index contributed by atoms with van der Waals surface area (Å²) in [7, 11) is 0. The zero-order valence-corrected chi connectivity index (χ0v) is 14.5. The van der Waals surface area contributed by atoms with Crippen LogP contribution in [0.2, 0.25) is 0 Å². The number of rotatable bonds is 10. The number of nitrogens with zero attached hydrogens (tertiary/aromatic N) is 1. The quantitative estimate of drug-likeness (QED) is 0.596. The summed E-state index contributed by atoms with van der Waals surface area (Å²) < 4.78 is 0. The Bertz CT molecular complexity index is 227. The van der Waals surface area contributed by atoms with E-state index in [-0.39, 0.29) is 0 Å². The predicted molar refractivity (Wildman–Crippen MR) is 90.3 cm³/mol. The molecule has 2 nitrogen and oxygen atoms in total. The molecule has 1 saturated heterocycles. The lowest BCUT2D eigenvalue weighted by molar-refractivity contribution is 0.146. The molecule has 1 aliphatic rings. The first-order valence-electron chi connectivity index (χ1n) is 9.15. The minimum atomic E-state index is 0.677. The second kappa shape index (κ2) is 10.6. The molecule has 0 aromatic heterocycles. The number of nitrogens with one attached hydrogen (secondary N) is 1. The molecule has 1 aliphatic heterocycles.